The zero-order valence-electron chi connectivity index (χ0n) is 21.4. The summed E-state index contributed by atoms with van der Waals surface area (Å²) in [6, 6.07) is 5.65. The van der Waals surface area contributed by atoms with Gasteiger partial charge in [-0.2, -0.15) is 9.97 Å². The third kappa shape index (κ3) is 4.55. The lowest BCUT2D eigenvalue weighted by molar-refractivity contribution is -0.763. The number of anilines is 2. The second-order valence-corrected chi connectivity index (χ2v) is 9.75. The summed E-state index contributed by atoms with van der Waals surface area (Å²) in [5.41, 5.74) is 1.52. The molecule has 2 aliphatic rings. The molecule has 1 saturated heterocycles. The van der Waals surface area contributed by atoms with Crippen LogP contribution in [0.5, 0.6) is 5.75 Å². The fourth-order valence-corrected chi connectivity index (χ4v) is 4.99. The average Bonchev–Trinajstić information content (AvgIpc) is 3.39. The number of ether oxygens (including phenoxy) is 1. The monoisotopic (exact) mass is 482 g/mol. The van der Waals surface area contributed by atoms with Gasteiger partial charge in [0, 0.05) is 44.9 Å². The van der Waals surface area contributed by atoms with Crippen LogP contribution in [0.1, 0.15) is 37.6 Å². The first-order valence-electron chi connectivity index (χ1n) is 12.1. The summed E-state index contributed by atoms with van der Waals surface area (Å²) in [5, 5.41) is 6.09. The Morgan fingerprint density at radius 1 is 1.37 bits per heavy atom. The molecule has 1 aromatic carbocycles. The summed E-state index contributed by atoms with van der Waals surface area (Å²) in [6.45, 7) is 9.07. The first kappa shape index (κ1) is 24.9. The number of aromatic nitrogens is 2. The van der Waals surface area contributed by atoms with Gasteiger partial charge in [0.1, 0.15) is 5.69 Å². The van der Waals surface area contributed by atoms with Crippen LogP contribution in [0.25, 0.3) is 0 Å². The van der Waals surface area contributed by atoms with E-state index in [1.165, 1.54) is 0 Å². The Kier molecular flexibility index (Phi) is 6.95. The lowest BCUT2D eigenvalue weighted by Crippen LogP contribution is -3.02. The van der Waals surface area contributed by atoms with E-state index in [2.05, 4.69) is 15.5 Å². The van der Waals surface area contributed by atoms with Gasteiger partial charge in [0.15, 0.2) is 17.3 Å². The Bertz CT molecular complexity index is 1110. The smallest absolute Gasteiger partial charge is 0.334 e. The molecule has 2 aromatic rings. The van der Waals surface area contributed by atoms with E-state index in [9.17, 15) is 9.59 Å². The molecule has 0 bridgehead atoms. The molecule has 1 fully saturated rings. The fraction of sp³-hybridized carbons (Fsp3) is 0.520. The third-order valence-electron chi connectivity index (χ3n) is 6.95. The molecule has 0 radical (unpaired) electrons. The largest absolute Gasteiger partial charge is 0.491 e. The predicted octanol–water partition coefficient (Wildman–Crippen LogP) is 0.884. The van der Waals surface area contributed by atoms with E-state index in [1.807, 2.05) is 26.8 Å². The van der Waals surface area contributed by atoms with E-state index in [0.29, 0.717) is 36.0 Å². The summed E-state index contributed by atoms with van der Waals surface area (Å²) in [4.78, 5) is 40.0. The number of methoxy groups -OCH3 is 1. The van der Waals surface area contributed by atoms with Gasteiger partial charge in [0.05, 0.1) is 25.3 Å². The predicted molar refractivity (Wildman–Crippen MR) is 135 cm³/mol. The van der Waals surface area contributed by atoms with Crippen LogP contribution in [-0.4, -0.2) is 75.2 Å². The van der Waals surface area contributed by atoms with Gasteiger partial charge < -0.3 is 25.2 Å². The zero-order chi connectivity index (χ0) is 25.3. The van der Waals surface area contributed by atoms with Crippen LogP contribution in [-0.2, 0) is 4.79 Å². The molecule has 188 valence electrons. The van der Waals surface area contributed by atoms with Crippen molar-refractivity contribution in [3.63, 3.8) is 0 Å². The number of hydrogen-bond acceptors (Lipinski definition) is 7. The molecule has 3 N–H and O–H groups in total. The molecule has 1 aromatic heterocycles. The lowest BCUT2D eigenvalue weighted by atomic mass is 9.91. The van der Waals surface area contributed by atoms with Gasteiger partial charge >= 0.3 is 5.95 Å². The van der Waals surface area contributed by atoms with E-state index >= 15 is 0 Å². The number of nitrogens with one attached hydrogen (secondary N) is 3. The quantitative estimate of drug-likeness (QED) is 0.562. The van der Waals surface area contributed by atoms with Gasteiger partial charge in [-0.25, -0.2) is 4.90 Å². The van der Waals surface area contributed by atoms with Crippen molar-refractivity contribution in [1.82, 2.24) is 20.6 Å². The standard InChI is InChI=1S/C25H35N7O3/c1-7-31(18-9-8-16(22(33)26-4)12-20(18)35-6)24-28-14-19-21(29-24)32(17-10-11-27-13-17)15-25(2,3)23(34)30(19)5/h8-9,12,14,17,27H,7,10-11,13,15H2,1-6H3,(H,26,33)/p+1/t17-/m1/s1. The van der Waals surface area contributed by atoms with Crippen molar-refractivity contribution < 1.29 is 19.2 Å². The molecule has 4 rings (SSSR count). The van der Waals surface area contributed by atoms with Gasteiger partial charge in [-0.3, -0.25) is 9.59 Å². The maximum absolute atomic E-state index is 13.3. The number of nitrogens with zero attached hydrogens (tertiary/aromatic N) is 4. The molecule has 2 aliphatic heterocycles. The van der Waals surface area contributed by atoms with E-state index < -0.39 is 5.41 Å². The minimum atomic E-state index is -0.561. The first-order chi connectivity index (χ1) is 16.7. The SMILES string of the molecule is CC[NH+](c1ncc2c(n1)N([C@@H]1CCNC1)CC(C)(C)C(=O)N2C)c1ccc(C(=O)NC)cc1OC. The zero-order valence-corrected chi connectivity index (χ0v) is 21.4. The first-order valence-corrected chi connectivity index (χ1v) is 12.1. The molecular formula is C25H36N7O3+. The fourth-order valence-electron chi connectivity index (χ4n) is 4.99. The van der Waals surface area contributed by atoms with Gasteiger partial charge in [0.25, 0.3) is 5.91 Å². The van der Waals surface area contributed by atoms with Gasteiger partial charge in [-0.15, -0.1) is 0 Å². The van der Waals surface area contributed by atoms with Crippen molar-refractivity contribution in [1.29, 1.82) is 0 Å². The molecular weight excluding hydrogens is 446 g/mol. The Hall–Kier alpha value is -3.24. The number of carbonyl (C=O) groups is 2. The van der Waals surface area contributed by atoms with Crippen LogP contribution in [0.15, 0.2) is 24.4 Å². The lowest BCUT2D eigenvalue weighted by Gasteiger charge is -2.33. The number of benzene rings is 1. The maximum Gasteiger partial charge on any atom is 0.334 e. The molecule has 0 spiro atoms. The summed E-state index contributed by atoms with van der Waals surface area (Å²) in [7, 11) is 4.99. The third-order valence-corrected chi connectivity index (χ3v) is 6.95. The molecule has 3 heterocycles. The van der Waals surface area contributed by atoms with Crippen LogP contribution < -0.4 is 30.1 Å². The van der Waals surface area contributed by atoms with Crippen molar-refractivity contribution in [2.75, 3.05) is 57.2 Å². The van der Waals surface area contributed by atoms with E-state index in [-0.39, 0.29) is 17.9 Å². The molecule has 35 heavy (non-hydrogen) atoms. The normalized spacial score (nSPS) is 20.3. The van der Waals surface area contributed by atoms with Crippen LogP contribution in [0.4, 0.5) is 23.1 Å². The Morgan fingerprint density at radius 3 is 2.77 bits per heavy atom. The minimum Gasteiger partial charge on any atom is -0.491 e. The number of quaternary nitrogens is 1. The van der Waals surface area contributed by atoms with E-state index in [4.69, 9.17) is 14.7 Å². The maximum atomic E-state index is 13.3. The number of rotatable bonds is 6. The van der Waals surface area contributed by atoms with Crippen LogP contribution >= 0.6 is 0 Å². The van der Waals surface area contributed by atoms with Crippen molar-refractivity contribution in [2.24, 2.45) is 5.41 Å². The van der Waals surface area contributed by atoms with E-state index in [1.54, 1.807) is 44.4 Å². The highest BCUT2D eigenvalue weighted by Gasteiger charge is 2.42. The van der Waals surface area contributed by atoms with Gasteiger partial charge in [-0.05, 0) is 45.9 Å². The molecule has 2 atom stereocenters. The Morgan fingerprint density at radius 2 is 2.14 bits per heavy atom. The van der Waals surface area contributed by atoms with Crippen molar-refractivity contribution in [2.45, 2.75) is 33.2 Å². The second-order valence-electron chi connectivity index (χ2n) is 9.75. The number of hydrogen-bond donors (Lipinski definition) is 3. The Balaban J connectivity index is 1.81. The molecule has 2 amide bonds. The van der Waals surface area contributed by atoms with Gasteiger partial charge in [0.2, 0.25) is 5.91 Å². The molecule has 0 saturated carbocycles. The summed E-state index contributed by atoms with van der Waals surface area (Å²) < 4.78 is 5.65. The van der Waals surface area contributed by atoms with E-state index in [0.717, 1.165) is 35.9 Å². The molecule has 0 aliphatic carbocycles. The number of amides is 2. The van der Waals surface area contributed by atoms with Gasteiger partial charge in [-0.1, -0.05) is 0 Å². The van der Waals surface area contributed by atoms with Crippen molar-refractivity contribution in [3.05, 3.63) is 30.0 Å². The molecule has 10 nitrogen and oxygen atoms in total. The number of fused-ring (bicyclic) bond motifs is 1. The topological polar surface area (TPSA) is 104 Å². The summed E-state index contributed by atoms with van der Waals surface area (Å²) >= 11 is 0. The average molecular weight is 483 g/mol. The minimum absolute atomic E-state index is 0.0507. The molecule has 10 heteroatoms. The van der Waals surface area contributed by atoms with Crippen molar-refractivity contribution in [3.8, 4) is 5.75 Å². The van der Waals surface area contributed by atoms with Crippen LogP contribution in [0.3, 0.4) is 0 Å². The summed E-state index contributed by atoms with van der Waals surface area (Å²) in [5.74, 6) is 1.83. The summed E-state index contributed by atoms with van der Waals surface area (Å²) in [6.07, 6.45) is 2.75. The number of carbonyl (C=O) groups excluding carboxylic acids is 2. The second kappa shape index (κ2) is 9.79. The van der Waals surface area contributed by atoms with Crippen LogP contribution in [0.2, 0.25) is 0 Å². The highest BCUT2D eigenvalue weighted by molar-refractivity contribution is 6.00. The Labute approximate surface area is 206 Å². The van der Waals surface area contributed by atoms with Crippen molar-refractivity contribution >= 4 is 35.0 Å². The highest BCUT2D eigenvalue weighted by Crippen LogP contribution is 2.38. The molecule has 1 unspecified atom stereocenters. The highest BCUT2D eigenvalue weighted by atomic mass is 16.5. The van der Waals surface area contributed by atoms with Crippen LogP contribution in [0, 0.1) is 5.41 Å².